The van der Waals surface area contributed by atoms with Gasteiger partial charge in [0.25, 0.3) is 0 Å². The standard InChI is InChI=1S/C21H38O4/c1-5-6-7-8-9-10-11-12-13-14-15-16-17-19(21(23)25-4)18(2)20(22)24-3/h19H,2,5-17H2,1,3-4H3. The molecular weight excluding hydrogens is 316 g/mol. The Bertz CT molecular complexity index is 376. The summed E-state index contributed by atoms with van der Waals surface area (Å²) in [5.41, 5.74) is 0.192. The SMILES string of the molecule is C=C(C(=O)OC)C(CCCCCCCCCCCCCC)C(=O)OC. The Kier molecular flexibility index (Phi) is 15.3. The Morgan fingerprint density at radius 1 is 0.760 bits per heavy atom. The summed E-state index contributed by atoms with van der Waals surface area (Å²) in [7, 11) is 2.63. The number of carbonyl (C=O) groups excluding carboxylic acids is 2. The quantitative estimate of drug-likeness (QED) is 0.206. The minimum Gasteiger partial charge on any atom is -0.469 e. The Hall–Kier alpha value is -1.32. The highest BCUT2D eigenvalue weighted by Gasteiger charge is 2.27. The first-order valence-corrected chi connectivity index (χ1v) is 9.93. The first-order valence-electron chi connectivity index (χ1n) is 9.93. The van der Waals surface area contributed by atoms with Crippen LogP contribution in [-0.2, 0) is 19.1 Å². The molecule has 0 amide bonds. The molecule has 1 atom stereocenters. The molecule has 25 heavy (non-hydrogen) atoms. The molecule has 1 unspecified atom stereocenters. The van der Waals surface area contributed by atoms with Crippen LogP contribution in [0.15, 0.2) is 12.2 Å². The van der Waals surface area contributed by atoms with E-state index in [2.05, 4.69) is 18.2 Å². The van der Waals surface area contributed by atoms with Gasteiger partial charge in [0.05, 0.1) is 20.1 Å². The van der Waals surface area contributed by atoms with Crippen molar-refractivity contribution in [1.82, 2.24) is 0 Å². The van der Waals surface area contributed by atoms with Crippen molar-refractivity contribution >= 4 is 11.9 Å². The van der Waals surface area contributed by atoms with Gasteiger partial charge in [-0.25, -0.2) is 4.79 Å². The first kappa shape index (κ1) is 23.7. The van der Waals surface area contributed by atoms with Crippen LogP contribution in [0.1, 0.15) is 90.4 Å². The van der Waals surface area contributed by atoms with E-state index < -0.39 is 17.9 Å². The van der Waals surface area contributed by atoms with E-state index in [4.69, 9.17) is 4.74 Å². The van der Waals surface area contributed by atoms with Crippen LogP contribution < -0.4 is 0 Å². The average Bonchev–Trinajstić information content (AvgIpc) is 2.63. The normalized spacial score (nSPS) is 11.8. The van der Waals surface area contributed by atoms with E-state index >= 15 is 0 Å². The molecule has 0 N–H and O–H groups in total. The summed E-state index contributed by atoms with van der Waals surface area (Å²) < 4.78 is 9.43. The lowest BCUT2D eigenvalue weighted by molar-refractivity contribution is -0.147. The molecule has 0 saturated heterocycles. The molecule has 0 aromatic heterocycles. The third-order valence-electron chi connectivity index (χ3n) is 4.70. The molecule has 0 heterocycles. The van der Waals surface area contributed by atoms with E-state index in [0.29, 0.717) is 6.42 Å². The number of hydrogen-bond acceptors (Lipinski definition) is 4. The minimum atomic E-state index is -0.583. The van der Waals surface area contributed by atoms with Crippen molar-refractivity contribution in [2.24, 2.45) is 5.92 Å². The van der Waals surface area contributed by atoms with E-state index in [9.17, 15) is 9.59 Å². The van der Waals surface area contributed by atoms with Crippen LogP contribution in [0.3, 0.4) is 0 Å². The zero-order chi connectivity index (χ0) is 18.9. The maximum absolute atomic E-state index is 11.8. The zero-order valence-electron chi connectivity index (χ0n) is 16.6. The number of methoxy groups -OCH3 is 2. The monoisotopic (exact) mass is 354 g/mol. The summed E-state index contributed by atoms with van der Waals surface area (Å²) in [5.74, 6) is -1.52. The predicted molar refractivity (Wildman–Crippen MR) is 102 cm³/mol. The minimum absolute atomic E-state index is 0.192. The van der Waals surface area contributed by atoms with Crippen LogP contribution >= 0.6 is 0 Å². The molecule has 0 radical (unpaired) electrons. The lowest BCUT2D eigenvalue weighted by Crippen LogP contribution is -2.23. The molecule has 0 aromatic rings. The molecule has 0 fully saturated rings. The summed E-state index contributed by atoms with van der Waals surface area (Å²) in [6.45, 7) is 5.94. The predicted octanol–water partition coefficient (Wildman–Crippen LogP) is 5.60. The number of unbranched alkanes of at least 4 members (excludes halogenated alkanes) is 11. The van der Waals surface area contributed by atoms with Crippen molar-refractivity contribution in [3.63, 3.8) is 0 Å². The maximum Gasteiger partial charge on any atom is 0.334 e. The Morgan fingerprint density at radius 3 is 1.60 bits per heavy atom. The lowest BCUT2D eigenvalue weighted by atomic mass is 9.93. The number of esters is 2. The fraction of sp³-hybridized carbons (Fsp3) is 0.810. The van der Waals surface area contributed by atoms with Gasteiger partial charge in [0, 0.05) is 5.57 Å². The molecule has 0 aromatic carbocycles. The molecule has 146 valence electrons. The highest BCUT2D eigenvalue weighted by atomic mass is 16.5. The number of ether oxygens (including phenoxy) is 2. The maximum atomic E-state index is 11.8. The van der Waals surface area contributed by atoms with E-state index in [0.717, 1.165) is 12.8 Å². The van der Waals surface area contributed by atoms with Crippen molar-refractivity contribution in [3.8, 4) is 0 Å². The number of hydrogen-bond donors (Lipinski definition) is 0. The third-order valence-corrected chi connectivity index (χ3v) is 4.70. The second-order valence-electron chi connectivity index (χ2n) is 6.77. The van der Waals surface area contributed by atoms with Crippen LogP contribution in [-0.4, -0.2) is 26.2 Å². The van der Waals surface area contributed by atoms with Crippen molar-refractivity contribution < 1.29 is 19.1 Å². The van der Waals surface area contributed by atoms with E-state index in [-0.39, 0.29) is 5.57 Å². The highest BCUT2D eigenvalue weighted by Crippen LogP contribution is 2.21. The van der Waals surface area contributed by atoms with Gasteiger partial charge in [0.2, 0.25) is 0 Å². The van der Waals surface area contributed by atoms with Gasteiger partial charge in [0.1, 0.15) is 0 Å². The molecular formula is C21H38O4. The Labute approximate surface area is 154 Å². The van der Waals surface area contributed by atoms with Crippen molar-refractivity contribution in [2.75, 3.05) is 14.2 Å². The lowest BCUT2D eigenvalue weighted by Gasteiger charge is -2.15. The Morgan fingerprint density at radius 2 is 1.20 bits per heavy atom. The van der Waals surface area contributed by atoms with Gasteiger partial charge >= 0.3 is 11.9 Å². The van der Waals surface area contributed by atoms with Crippen molar-refractivity contribution in [2.45, 2.75) is 90.4 Å². The number of carbonyl (C=O) groups is 2. The average molecular weight is 355 g/mol. The molecule has 0 aliphatic carbocycles. The largest absolute Gasteiger partial charge is 0.469 e. The van der Waals surface area contributed by atoms with Gasteiger partial charge in [-0.15, -0.1) is 0 Å². The molecule has 0 spiro atoms. The molecule has 0 aliphatic rings. The fourth-order valence-electron chi connectivity index (χ4n) is 3.04. The summed E-state index contributed by atoms with van der Waals surface area (Å²) in [5, 5.41) is 0. The topological polar surface area (TPSA) is 52.6 Å². The van der Waals surface area contributed by atoms with Crippen LogP contribution in [0.5, 0.6) is 0 Å². The number of rotatable bonds is 16. The van der Waals surface area contributed by atoms with Crippen molar-refractivity contribution in [3.05, 3.63) is 12.2 Å². The summed E-state index contributed by atoms with van der Waals surface area (Å²) in [4.78, 5) is 23.4. The van der Waals surface area contributed by atoms with E-state index in [1.807, 2.05) is 0 Å². The summed E-state index contributed by atoms with van der Waals surface area (Å²) in [6.07, 6.45) is 15.8. The summed E-state index contributed by atoms with van der Waals surface area (Å²) >= 11 is 0. The molecule has 0 saturated carbocycles. The highest BCUT2D eigenvalue weighted by molar-refractivity contribution is 5.94. The first-order chi connectivity index (χ1) is 12.1. The second-order valence-corrected chi connectivity index (χ2v) is 6.77. The third kappa shape index (κ3) is 11.8. The second kappa shape index (κ2) is 16.2. The van der Waals surface area contributed by atoms with E-state index in [1.165, 1.54) is 78.4 Å². The van der Waals surface area contributed by atoms with Crippen LogP contribution in [0.4, 0.5) is 0 Å². The van der Waals surface area contributed by atoms with Gasteiger partial charge in [-0.05, 0) is 6.42 Å². The van der Waals surface area contributed by atoms with Crippen LogP contribution in [0.25, 0.3) is 0 Å². The molecule has 0 aliphatic heterocycles. The summed E-state index contributed by atoms with van der Waals surface area (Å²) in [6, 6.07) is 0. The van der Waals surface area contributed by atoms with E-state index in [1.54, 1.807) is 0 Å². The van der Waals surface area contributed by atoms with Crippen molar-refractivity contribution in [1.29, 1.82) is 0 Å². The molecule has 0 bridgehead atoms. The van der Waals surface area contributed by atoms with Gasteiger partial charge in [-0.2, -0.15) is 0 Å². The van der Waals surface area contributed by atoms with Crippen LogP contribution in [0.2, 0.25) is 0 Å². The molecule has 4 nitrogen and oxygen atoms in total. The van der Waals surface area contributed by atoms with Gasteiger partial charge in [0.15, 0.2) is 0 Å². The zero-order valence-corrected chi connectivity index (χ0v) is 16.6. The van der Waals surface area contributed by atoms with Gasteiger partial charge in [-0.1, -0.05) is 90.6 Å². The fourth-order valence-corrected chi connectivity index (χ4v) is 3.04. The Balaban J connectivity index is 3.74. The van der Waals surface area contributed by atoms with Crippen LogP contribution in [0, 0.1) is 5.92 Å². The van der Waals surface area contributed by atoms with Gasteiger partial charge < -0.3 is 9.47 Å². The smallest absolute Gasteiger partial charge is 0.334 e. The molecule has 4 heteroatoms. The van der Waals surface area contributed by atoms with Gasteiger partial charge in [-0.3, -0.25) is 4.79 Å². The molecule has 0 rings (SSSR count).